The van der Waals surface area contributed by atoms with Crippen LogP contribution in [-0.4, -0.2) is 24.1 Å². The molecule has 264 valence electrons. The molecule has 4 heteroatoms. The van der Waals surface area contributed by atoms with Gasteiger partial charge in [0.1, 0.15) is 6.29 Å². The summed E-state index contributed by atoms with van der Waals surface area (Å²) in [4.78, 5) is 29.9. The molecule has 54 heavy (non-hydrogen) atoms. The first-order valence-corrected chi connectivity index (χ1v) is 18.3. The monoisotopic (exact) mass is 702 g/mol. The molecule has 1 heterocycles. The fourth-order valence-corrected chi connectivity index (χ4v) is 7.04. The first kappa shape index (κ1) is 35.6. The first-order chi connectivity index (χ1) is 26.5. The van der Waals surface area contributed by atoms with E-state index in [4.69, 9.17) is 0 Å². The Hall–Kier alpha value is -6.78. The lowest BCUT2D eigenvalue weighted by molar-refractivity contribution is -0.122. The van der Waals surface area contributed by atoms with Crippen molar-refractivity contribution in [2.45, 2.75) is 19.8 Å². The summed E-state index contributed by atoms with van der Waals surface area (Å²) in [7, 11) is 1.82. The maximum absolute atomic E-state index is 14.1. The third-order valence-electron chi connectivity index (χ3n) is 9.79. The molecule has 1 amide bonds. The molecule has 6 aromatic rings. The molecular weight excluding hydrogens is 661 g/mol. The van der Waals surface area contributed by atoms with E-state index < -0.39 is 0 Å². The number of benzene rings is 6. The van der Waals surface area contributed by atoms with Crippen molar-refractivity contribution in [2.24, 2.45) is 0 Å². The third kappa shape index (κ3) is 7.84. The number of carbonyl (C=O) groups is 2. The van der Waals surface area contributed by atoms with Crippen molar-refractivity contribution in [2.75, 3.05) is 11.9 Å². The highest BCUT2D eigenvalue weighted by molar-refractivity contribution is 6.15. The van der Waals surface area contributed by atoms with Gasteiger partial charge in [-0.3, -0.25) is 4.79 Å². The lowest BCUT2D eigenvalue weighted by Gasteiger charge is -2.26. The summed E-state index contributed by atoms with van der Waals surface area (Å²) in [5.41, 5.74) is 12.6. The molecule has 0 radical (unpaired) electrons. The van der Waals surface area contributed by atoms with Crippen LogP contribution in [0.5, 0.6) is 0 Å². The minimum absolute atomic E-state index is 0.106. The lowest BCUT2D eigenvalue weighted by atomic mass is 9.90. The number of carbonyl (C=O) groups excluding carboxylic acids is 2. The molecule has 0 atom stereocenters. The first-order valence-electron chi connectivity index (χ1n) is 18.3. The number of hydrogen-bond donors (Lipinski definition) is 0. The summed E-state index contributed by atoms with van der Waals surface area (Å²) in [6.07, 6.45) is 8.03. The summed E-state index contributed by atoms with van der Waals surface area (Å²) in [6.45, 7) is 1.92. The van der Waals surface area contributed by atoms with Crippen LogP contribution in [0.3, 0.4) is 0 Å². The third-order valence-corrected chi connectivity index (χ3v) is 9.79. The lowest BCUT2D eigenvalue weighted by Crippen LogP contribution is -2.21. The second-order valence-corrected chi connectivity index (χ2v) is 13.2. The van der Waals surface area contributed by atoms with Gasteiger partial charge in [0.05, 0.1) is 11.3 Å². The minimum Gasteiger partial charge on any atom is -0.311 e. The number of likely N-dealkylation sites (N-methyl/N-ethyl adjacent to an activating group) is 1. The van der Waals surface area contributed by atoms with E-state index in [1.54, 1.807) is 4.90 Å². The van der Waals surface area contributed by atoms with Gasteiger partial charge in [-0.05, 0) is 100 Å². The maximum atomic E-state index is 14.1. The van der Waals surface area contributed by atoms with Gasteiger partial charge in [-0.15, -0.1) is 0 Å². The highest BCUT2D eigenvalue weighted by Gasteiger charge is 2.30. The Bertz CT molecular complexity index is 2300. The Labute approximate surface area is 318 Å². The second-order valence-electron chi connectivity index (χ2n) is 13.2. The summed E-state index contributed by atoms with van der Waals surface area (Å²) < 4.78 is 0. The molecule has 0 unspecified atom stereocenters. The van der Waals surface area contributed by atoms with Crippen molar-refractivity contribution in [1.29, 1.82) is 0 Å². The molecule has 6 aromatic carbocycles. The molecule has 0 spiro atoms. The second kappa shape index (κ2) is 16.7. The SMILES string of the molecule is C/C=C(CC=O)\C(=C1/C=C(c2ccc(C/C(=C/c3ccccc3)c3ccccc3)cc2)N(C)C1=O)c1ccc(N(c2ccccc2)c2ccccc2)cc1. The number of aldehydes is 1. The zero-order chi connectivity index (χ0) is 37.3. The van der Waals surface area contributed by atoms with Gasteiger partial charge < -0.3 is 14.6 Å². The molecule has 0 fully saturated rings. The topological polar surface area (TPSA) is 40.6 Å². The van der Waals surface area contributed by atoms with Gasteiger partial charge in [0, 0.05) is 30.5 Å². The summed E-state index contributed by atoms with van der Waals surface area (Å²) in [5.74, 6) is -0.106. The Balaban J connectivity index is 1.23. The van der Waals surface area contributed by atoms with Crippen molar-refractivity contribution in [3.8, 4) is 0 Å². The van der Waals surface area contributed by atoms with E-state index in [0.717, 1.165) is 63.3 Å². The summed E-state index contributed by atoms with van der Waals surface area (Å²) in [5, 5.41) is 0. The fourth-order valence-electron chi connectivity index (χ4n) is 7.04. The maximum Gasteiger partial charge on any atom is 0.258 e. The van der Waals surface area contributed by atoms with E-state index in [9.17, 15) is 9.59 Å². The molecular formula is C50H42N2O2. The Morgan fingerprint density at radius 1 is 0.630 bits per heavy atom. The minimum atomic E-state index is -0.106. The van der Waals surface area contributed by atoms with Crippen LogP contribution < -0.4 is 4.90 Å². The standard InChI is InChI=1S/C50H42N2O2/c1-3-39(32-33-53)49(42-28-30-46(31-29-42)52(44-20-12-6-13-21-44)45-22-14-7-15-23-45)47-36-48(51(2)50(47)54)41-26-24-38(25-27-41)35-43(40-18-10-5-11-19-40)34-37-16-8-4-9-17-37/h3-31,33-34,36H,32,35H2,1-2H3/b39-3-,43-34-,49-47-. The molecule has 1 aliphatic heterocycles. The van der Waals surface area contributed by atoms with Crippen LogP contribution in [0.25, 0.3) is 22.9 Å². The number of anilines is 3. The largest absolute Gasteiger partial charge is 0.311 e. The van der Waals surface area contributed by atoms with Crippen molar-refractivity contribution in [3.63, 3.8) is 0 Å². The number of allylic oxidation sites excluding steroid dienone is 4. The quantitative estimate of drug-likeness (QED) is 0.0724. The average Bonchev–Trinajstić information content (AvgIpc) is 3.52. The van der Waals surface area contributed by atoms with E-state index in [-0.39, 0.29) is 12.3 Å². The van der Waals surface area contributed by atoms with E-state index >= 15 is 0 Å². The van der Waals surface area contributed by atoms with E-state index in [2.05, 4.69) is 120 Å². The normalized spacial score (nSPS) is 14.1. The van der Waals surface area contributed by atoms with Crippen molar-refractivity contribution in [1.82, 2.24) is 4.90 Å². The highest BCUT2D eigenvalue weighted by atomic mass is 16.2. The molecule has 0 aliphatic carbocycles. The highest BCUT2D eigenvalue weighted by Crippen LogP contribution is 2.39. The van der Waals surface area contributed by atoms with Crippen LogP contribution in [0, 0.1) is 0 Å². The molecule has 0 saturated carbocycles. The van der Waals surface area contributed by atoms with Gasteiger partial charge >= 0.3 is 0 Å². The molecule has 0 aromatic heterocycles. The molecule has 4 nitrogen and oxygen atoms in total. The van der Waals surface area contributed by atoms with Crippen LogP contribution in [-0.2, 0) is 16.0 Å². The molecule has 1 aliphatic rings. The number of rotatable bonds is 12. The number of hydrogen-bond acceptors (Lipinski definition) is 3. The van der Waals surface area contributed by atoms with Crippen LogP contribution in [0.4, 0.5) is 17.1 Å². The van der Waals surface area contributed by atoms with Gasteiger partial charge in [-0.2, -0.15) is 0 Å². The Morgan fingerprint density at radius 3 is 1.72 bits per heavy atom. The van der Waals surface area contributed by atoms with Gasteiger partial charge in [0.15, 0.2) is 0 Å². The number of nitrogens with zero attached hydrogens (tertiary/aromatic N) is 2. The van der Waals surface area contributed by atoms with Gasteiger partial charge in [-0.25, -0.2) is 0 Å². The summed E-state index contributed by atoms with van der Waals surface area (Å²) in [6, 6.07) is 58.1. The van der Waals surface area contributed by atoms with Crippen LogP contribution >= 0.6 is 0 Å². The zero-order valence-electron chi connectivity index (χ0n) is 30.6. The van der Waals surface area contributed by atoms with Gasteiger partial charge in [-0.1, -0.05) is 146 Å². The van der Waals surface area contributed by atoms with Crippen molar-refractivity contribution >= 4 is 52.2 Å². The van der Waals surface area contributed by atoms with Crippen LogP contribution in [0.2, 0.25) is 0 Å². The van der Waals surface area contributed by atoms with Crippen molar-refractivity contribution in [3.05, 3.63) is 221 Å². The van der Waals surface area contributed by atoms with E-state index in [0.29, 0.717) is 5.57 Å². The molecule has 0 bridgehead atoms. The van der Waals surface area contributed by atoms with Gasteiger partial charge in [0.25, 0.3) is 5.91 Å². The zero-order valence-corrected chi connectivity index (χ0v) is 30.6. The molecule has 0 saturated heterocycles. The average molecular weight is 703 g/mol. The predicted molar refractivity (Wildman–Crippen MR) is 224 cm³/mol. The Morgan fingerprint density at radius 2 is 1.17 bits per heavy atom. The number of amides is 1. The molecule has 7 rings (SSSR count). The Kier molecular flexibility index (Phi) is 11.0. The van der Waals surface area contributed by atoms with E-state index in [1.807, 2.05) is 86.8 Å². The predicted octanol–water partition coefficient (Wildman–Crippen LogP) is 11.7. The smallest absolute Gasteiger partial charge is 0.258 e. The van der Waals surface area contributed by atoms with Crippen molar-refractivity contribution < 1.29 is 9.59 Å². The fraction of sp³-hybridized carbons (Fsp3) is 0.0800. The van der Waals surface area contributed by atoms with E-state index in [1.165, 1.54) is 16.7 Å². The van der Waals surface area contributed by atoms with Gasteiger partial charge in [0.2, 0.25) is 0 Å². The van der Waals surface area contributed by atoms with Crippen LogP contribution in [0.1, 0.15) is 41.2 Å². The van der Waals surface area contributed by atoms with Crippen LogP contribution in [0.15, 0.2) is 193 Å². The number of para-hydroxylation sites is 2. The molecule has 0 N–H and O–H groups in total. The summed E-state index contributed by atoms with van der Waals surface area (Å²) >= 11 is 0.